The summed E-state index contributed by atoms with van der Waals surface area (Å²) in [6.07, 6.45) is 1.63. The van der Waals surface area contributed by atoms with Gasteiger partial charge in [-0.25, -0.2) is 4.79 Å². The molecule has 1 aromatic carbocycles. The molecule has 0 spiro atoms. The Labute approximate surface area is 129 Å². The third-order valence-electron chi connectivity index (χ3n) is 3.25. The molecule has 118 valence electrons. The summed E-state index contributed by atoms with van der Waals surface area (Å²) in [6.45, 7) is 4.59. The van der Waals surface area contributed by atoms with E-state index in [1.165, 1.54) is 6.07 Å². The normalized spacial score (nSPS) is 13.4. The Kier molecular flexibility index (Phi) is 4.64. The minimum absolute atomic E-state index is 0.0241. The van der Waals surface area contributed by atoms with Crippen LogP contribution in [-0.4, -0.2) is 31.3 Å². The van der Waals surface area contributed by atoms with Crippen LogP contribution in [0.1, 0.15) is 36.7 Å². The van der Waals surface area contributed by atoms with E-state index in [0.717, 1.165) is 18.3 Å². The molecule has 0 bridgehead atoms. The number of hydrogen-bond acceptors (Lipinski definition) is 6. The number of phenols is 1. The molecule has 1 N–H and O–H groups in total. The van der Waals surface area contributed by atoms with Gasteiger partial charge in [0, 0.05) is 0 Å². The van der Waals surface area contributed by atoms with Crippen LogP contribution in [0, 0.1) is 5.41 Å². The highest BCUT2D eigenvalue weighted by atomic mass is 16.7. The van der Waals surface area contributed by atoms with Gasteiger partial charge in [0.2, 0.25) is 6.79 Å². The van der Waals surface area contributed by atoms with Crippen LogP contribution in [0.4, 0.5) is 0 Å². The molecule has 0 radical (unpaired) electrons. The van der Waals surface area contributed by atoms with Crippen LogP contribution in [0.3, 0.4) is 0 Å². The Morgan fingerprint density at radius 3 is 2.73 bits per heavy atom. The molecule has 0 aliphatic carbocycles. The predicted molar refractivity (Wildman–Crippen MR) is 80.2 cm³/mol. The number of fused-ring (bicyclic) bond motifs is 1. The van der Waals surface area contributed by atoms with Gasteiger partial charge in [-0.1, -0.05) is 6.07 Å². The first-order chi connectivity index (χ1) is 10.3. The number of carbonyl (C=O) groups excluding carboxylic acids is 2. The molecular weight excluding hydrogens is 287 g/mol. The maximum atomic E-state index is 12.1. The van der Waals surface area contributed by atoms with Crippen LogP contribution < -0.4 is 4.65 Å². The topological polar surface area (TPSA) is 82.1 Å². The molecule has 0 aromatic heterocycles. The molecule has 2 rings (SSSR count). The number of aromatic hydroxyl groups is 1. The number of esters is 2. The van der Waals surface area contributed by atoms with Crippen molar-refractivity contribution in [1.29, 1.82) is 0 Å². The summed E-state index contributed by atoms with van der Waals surface area (Å²) in [6, 6.07) is 3.16. The van der Waals surface area contributed by atoms with E-state index < -0.39 is 24.1 Å². The van der Waals surface area contributed by atoms with E-state index >= 15 is 0 Å². The lowest BCUT2D eigenvalue weighted by molar-refractivity contribution is -0.161. The molecule has 1 aromatic rings. The fraction of sp³-hybridized carbons (Fsp3) is 0.467. The first kappa shape index (κ1) is 16.2. The molecule has 0 fully saturated rings. The summed E-state index contributed by atoms with van der Waals surface area (Å²) >= 11 is 0. The minimum Gasteiger partial charge on any atom is -0.563 e. The van der Waals surface area contributed by atoms with Crippen molar-refractivity contribution in [2.75, 3.05) is 6.79 Å². The fourth-order valence-electron chi connectivity index (χ4n) is 2.04. The van der Waals surface area contributed by atoms with E-state index in [-0.39, 0.29) is 11.3 Å². The number of carbonyl (C=O) groups is 2. The van der Waals surface area contributed by atoms with Crippen molar-refractivity contribution < 1.29 is 28.8 Å². The quantitative estimate of drug-likeness (QED) is 0.521. The number of benzene rings is 1. The Hall–Kier alpha value is -2.18. The molecule has 0 atom stereocenters. The molecule has 0 saturated carbocycles. The first-order valence-electron chi connectivity index (χ1n) is 7.12. The maximum Gasteiger partial charge on any atom is 0.348 e. The summed E-state index contributed by atoms with van der Waals surface area (Å²) in [4.78, 5) is 23.7. The molecule has 0 unspecified atom stereocenters. The van der Waals surface area contributed by atoms with Crippen molar-refractivity contribution in [3.63, 3.8) is 0 Å². The van der Waals surface area contributed by atoms with Crippen molar-refractivity contribution in [3.05, 3.63) is 23.3 Å². The highest BCUT2D eigenvalue weighted by molar-refractivity contribution is 6.29. The highest BCUT2D eigenvalue weighted by Crippen LogP contribution is 2.35. The van der Waals surface area contributed by atoms with Crippen molar-refractivity contribution >= 4 is 19.4 Å². The van der Waals surface area contributed by atoms with Crippen LogP contribution in [0.15, 0.2) is 12.1 Å². The van der Waals surface area contributed by atoms with E-state index in [2.05, 4.69) is 0 Å². The largest absolute Gasteiger partial charge is 0.563 e. The number of ether oxygens (including phenoxy) is 2. The average molecular weight is 306 g/mol. The van der Waals surface area contributed by atoms with Gasteiger partial charge >= 0.3 is 19.4 Å². The summed E-state index contributed by atoms with van der Waals surface area (Å²) in [5.41, 5.74) is 0.149. The lowest BCUT2D eigenvalue weighted by atomic mass is 9.85. The molecule has 22 heavy (non-hydrogen) atoms. The van der Waals surface area contributed by atoms with Gasteiger partial charge in [0.1, 0.15) is 17.1 Å². The van der Waals surface area contributed by atoms with E-state index in [1.807, 2.05) is 0 Å². The summed E-state index contributed by atoms with van der Waals surface area (Å²) in [7, 11) is 0.482. The van der Waals surface area contributed by atoms with E-state index in [4.69, 9.17) is 14.1 Å². The molecule has 1 aliphatic heterocycles. The third-order valence-corrected chi connectivity index (χ3v) is 3.25. The predicted octanol–water partition coefficient (Wildman–Crippen LogP) is 1.80. The van der Waals surface area contributed by atoms with Crippen molar-refractivity contribution in [2.24, 2.45) is 5.41 Å². The zero-order valence-electron chi connectivity index (χ0n) is 13.0. The summed E-state index contributed by atoms with van der Waals surface area (Å²) < 4.78 is 15.3. The van der Waals surface area contributed by atoms with Gasteiger partial charge in [0.05, 0.1) is 5.41 Å². The second-order valence-electron chi connectivity index (χ2n) is 6.13. The molecule has 0 amide bonds. The van der Waals surface area contributed by atoms with E-state index in [0.29, 0.717) is 13.2 Å². The van der Waals surface area contributed by atoms with Gasteiger partial charge in [-0.3, -0.25) is 4.79 Å². The average Bonchev–Trinajstić information content (AvgIpc) is 2.45. The molecule has 1 heterocycles. The van der Waals surface area contributed by atoms with E-state index in [1.54, 1.807) is 26.8 Å². The molecule has 0 saturated heterocycles. The van der Waals surface area contributed by atoms with Crippen molar-refractivity contribution in [1.82, 2.24) is 0 Å². The smallest absolute Gasteiger partial charge is 0.348 e. The Morgan fingerprint density at radius 2 is 2.05 bits per heavy atom. The zero-order valence-corrected chi connectivity index (χ0v) is 13.0. The van der Waals surface area contributed by atoms with E-state index in [9.17, 15) is 14.7 Å². The first-order valence-corrected chi connectivity index (χ1v) is 7.12. The third kappa shape index (κ3) is 3.53. The summed E-state index contributed by atoms with van der Waals surface area (Å²) in [5.74, 6) is -1.12. The SMILES string of the molecule is CC(C)(C)C(=O)OCOC(=O)c1c(O)ccc2c1OBCC2. The fourth-order valence-corrected chi connectivity index (χ4v) is 2.04. The van der Waals surface area contributed by atoms with Gasteiger partial charge in [-0.05, 0) is 45.1 Å². The lowest BCUT2D eigenvalue weighted by Crippen LogP contribution is -2.25. The van der Waals surface area contributed by atoms with Gasteiger partial charge in [0.25, 0.3) is 0 Å². The van der Waals surface area contributed by atoms with Gasteiger partial charge in [-0.2, -0.15) is 0 Å². The van der Waals surface area contributed by atoms with Crippen LogP contribution in [0.5, 0.6) is 11.5 Å². The standard InChI is InChI=1S/C15H19BO6/c1-15(2,3)14(19)21-8-20-13(18)11-10(17)5-4-9-6-7-16-22-12(9)11/h4-5,16-17H,6-8H2,1-3H3. The summed E-state index contributed by atoms with van der Waals surface area (Å²) in [5, 5.41) is 9.89. The molecule has 1 aliphatic rings. The number of phenolic OH excluding ortho intramolecular Hbond substituents is 1. The van der Waals surface area contributed by atoms with Crippen molar-refractivity contribution in [3.8, 4) is 11.5 Å². The second-order valence-corrected chi connectivity index (χ2v) is 6.13. The van der Waals surface area contributed by atoms with Gasteiger partial charge in [-0.15, -0.1) is 0 Å². The molecule has 7 heteroatoms. The van der Waals surface area contributed by atoms with Crippen LogP contribution in [0.25, 0.3) is 0 Å². The number of hydrogen-bond donors (Lipinski definition) is 1. The van der Waals surface area contributed by atoms with Gasteiger partial charge in [0.15, 0.2) is 0 Å². The maximum absolute atomic E-state index is 12.1. The molecular formula is C15H19BO6. The lowest BCUT2D eigenvalue weighted by Gasteiger charge is -2.20. The highest BCUT2D eigenvalue weighted by Gasteiger charge is 2.26. The van der Waals surface area contributed by atoms with Crippen LogP contribution >= 0.6 is 0 Å². The van der Waals surface area contributed by atoms with Gasteiger partial charge < -0.3 is 19.2 Å². The zero-order chi connectivity index (χ0) is 16.3. The van der Waals surface area contributed by atoms with Crippen LogP contribution in [0.2, 0.25) is 6.32 Å². The molecule has 6 nitrogen and oxygen atoms in total. The number of rotatable bonds is 3. The monoisotopic (exact) mass is 306 g/mol. The second kappa shape index (κ2) is 6.29. The number of aryl methyl sites for hydroxylation is 1. The van der Waals surface area contributed by atoms with Crippen LogP contribution in [-0.2, 0) is 20.7 Å². The Balaban J connectivity index is 2.06. The minimum atomic E-state index is -0.780. The Bertz CT molecular complexity index is 590. The van der Waals surface area contributed by atoms with Crippen molar-refractivity contribution in [2.45, 2.75) is 33.5 Å². The Morgan fingerprint density at radius 1 is 1.32 bits per heavy atom.